The molecule has 1 N–H and O–H groups in total. The summed E-state index contributed by atoms with van der Waals surface area (Å²) in [4.78, 5) is 23.0. The first-order valence-corrected chi connectivity index (χ1v) is 9.69. The molecule has 0 aromatic heterocycles. The van der Waals surface area contributed by atoms with E-state index in [1.54, 1.807) is 0 Å². The number of hydrogen-bond donors (Lipinski definition) is 1. The molecule has 0 unspecified atom stereocenters. The van der Waals surface area contributed by atoms with E-state index in [0.717, 1.165) is 32.1 Å². The number of rotatable bonds is 15. The Morgan fingerprint density at radius 1 is 0.696 bits per heavy atom. The monoisotopic (exact) mass is 327 g/mol. The molecule has 136 valence electrons. The second-order valence-electron chi connectivity index (χ2n) is 6.33. The Morgan fingerprint density at radius 3 is 1.74 bits per heavy atom. The molecule has 0 heterocycles. The van der Waals surface area contributed by atoms with Gasteiger partial charge in [-0.2, -0.15) is 0 Å². The molecule has 0 radical (unpaired) electrons. The lowest BCUT2D eigenvalue weighted by Crippen LogP contribution is -2.27. The van der Waals surface area contributed by atoms with E-state index >= 15 is 0 Å². The molecule has 0 bridgehead atoms. The first-order chi connectivity index (χ1) is 11.2. The van der Waals surface area contributed by atoms with Gasteiger partial charge in [-0.15, -0.1) is 0 Å². The van der Waals surface area contributed by atoms with Gasteiger partial charge in [0.15, 0.2) is 0 Å². The molecule has 23 heavy (non-hydrogen) atoms. The maximum atomic E-state index is 11.5. The molecule has 0 aromatic rings. The highest BCUT2D eigenvalue weighted by Crippen LogP contribution is 2.09. The zero-order valence-electron chi connectivity index (χ0n) is 15.3. The van der Waals surface area contributed by atoms with Gasteiger partial charge in [-0.05, 0) is 12.8 Å². The number of ether oxygens (including phenoxy) is 1. The van der Waals surface area contributed by atoms with Crippen LogP contribution in [0.1, 0.15) is 104 Å². The second kappa shape index (κ2) is 17.3. The van der Waals surface area contributed by atoms with Crippen LogP contribution in [0.15, 0.2) is 0 Å². The molecular formula is C19H37NO3. The van der Waals surface area contributed by atoms with Crippen LogP contribution < -0.4 is 5.32 Å². The maximum absolute atomic E-state index is 11.5. The van der Waals surface area contributed by atoms with Crippen LogP contribution in [0.4, 0.5) is 4.79 Å². The van der Waals surface area contributed by atoms with Crippen LogP contribution in [-0.4, -0.2) is 18.6 Å². The largest absolute Gasteiger partial charge is 0.414 e. The Bertz CT molecular complexity index is 264. The van der Waals surface area contributed by atoms with Crippen molar-refractivity contribution in [3.8, 4) is 0 Å². The molecule has 0 aliphatic heterocycles. The van der Waals surface area contributed by atoms with E-state index < -0.39 is 12.1 Å². The van der Waals surface area contributed by atoms with E-state index in [1.807, 2.05) is 0 Å². The lowest BCUT2D eigenvalue weighted by Gasteiger charge is -2.06. The summed E-state index contributed by atoms with van der Waals surface area (Å²) in [6.07, 6.45) is 14.9. The first-order valence-electron chi connectivity index (χ1n) is 9.69. The zero-order valence-corrected chi connectivity index (χ0v) is 15.3. The van der Waals surface area contributed by atoms with Crippen LogP contribution >= 0.6 is 0 Å². The molecule has 0 aliphatic carbocycles. The minimum atomic E-state index is -0.591. The van der Waals surface area contributed by atoms with E-state index in [2.05, 4.69) is 19.2 Å². The molecule has 0 fully saturated rings. The van der Waals surface area contributed by atoms with Crippen molar-refractivity contribution in [2.75, 3.05) is 6.54 Å². The molecule has 0 aromatic carbocycles. The van der Waals surface area contributed by atoms with E-state index in [0.29, 0.717) is 13.0 Å². The summed E-state index contributed by atoms with van der Waals surface area (Å²) in [5, 5.41) is 2.65. The summed E-state index contributed by atoms with van der Waals surface area (Å²) in [6, 6.07) is 0. The molecule has 0 atom stereocenters. The summed E-state index contributed by atoms with van der Waals surface area (Å²) >= 11 is 0. The predicted molar refractivity (Wildman–Crippen MR) is 95.5 cm³/mol. The van der Waals surface area contributed by atoms with Crippen LogP contribution in [0.3, 0.4) is 0 Å². The number of esters is 1. The summed E-state index contributed by atoms with van der Waals surface area (Å²) in [5.41, 5.74) is 0. The van der Waals surface area contributed by atoms with Gasteiger partial charge in [-0.3, -0.25) is 4.79 Å². The smallest absolute Gasteiger partial charge is 0.376 e. The minimum Gasteiger partial charge on any atom is -0.376 e. The topological polar surface area (TPSA) is 55.4 Å². The molecule has 0 saturated heterocycles. The number of unbranched alkanes of at least 4 members (excludes halogenated alkanes) is 11. The number of alkyl carbamates (subject to hydrolysis) is 1. The highest BCUT2D eigenvalue weighted by atomic mass is 16.6. The van der Waals surface area contributed by atoms with Gasteiger partial charge < -0.3 is 10.1 Å². The van der Waals surface area contributed by atoms with Crippen LogP contribution in [0.25, 0.3) is 0 Å². The van der Waals surface area contributed by atoms with Gasteiger partial charge >= 0.3 is 12.1 Å². The molecule has 1 amide bonds. The average molecular weight is 328 g/mol. The number of hydrogen-bond acceptors (Lipinski definition) is 3. The number of amides is 1. The molecule has 4 nitrogen and oxygen atoms in total. The average Bonchev–Trinajstić information content (AvgIpc) is 2.53. The third kappa shape index (κ3) is 17.1. The van der Waals surface area contributed by atoms with Crippen molar-refractivity contribution in [1.82, 2.24) is 5.32 Å². The van der Waals surface area contributed by atoms with E-state index in [-0.39, 0.29) is 0 Å². The zero-order chi connectivity index (χ0) is 17.2. The van der Waals surface area contributed by atoms with E-state index in [4.69, 9.17) is 4.74 Å². The Balaban J connectivity index is 3.36. The minimum absolute atomic E-state index is 0.345. The van der Waals surface area contributed by atoms with Crippen molar-refractivity contribution in [2.45, 2.75) is 104 Å². The SMILES string of the molecule is CCCCCCCCCC(=O)OC(=O)NCCCCCCCC. The van der Waals surface area contributed by atoms with Gasteiger partial charge in [0, 0.05) is 13.0 Å². The lowest BCUT2D eigenvalue weighted by atomic mass is 10.1. The van der Waals surface area contributed by atoms with Crippen LogP contribution in [-0.2, 0) is 9.53 Å². The van der Waals surface area contributed by atoms with Crippen molar-refractivity contribution < 1.29 is 14.3 Å². The van der Waals surface area contributed by atoms with Crippen LogP contribution in [0, 0.1) is 0 Å². The maximum Gasteiger partial charge on any atom is 0.414 e. The molecule has 0 spiro atoms. The van der Waals surface area contributed by atoms with Gasteiger partial charge in [0.25, 0.3) is 0 Å². The van der Waals surface area contributed by atoms with Crippen LogP contribution in [0.2, 0.25) is 0 Å². The summed E-state index contributed by atoms with van der Waals surface area (Å²) < 4.78 is 4.75. The first kappa shape index (κ1) is 21.9. The molecule has 4 heteroatoms. The summed E-state index contributed by atoms with van der Waals surface area (Å²) in [5.74, 6) is -0.404. The van der Waals surface area contributed by atoms with Crippen molar-refractivity contribution in [3.05, 3.63) is 0 Å². The predicted octanol–water partition coefficient (Wildman–Crippen LogP) is 5.74. The Kier molecular flexibility index (Phi) is 16.5. The van der Waals surface area contributed by atoms with E-state index in [9.17, 15) is 9.59 Å². The van der Waals surface area contributed by atoms with Gasteiger partial charge in [0.2, 0.25) is 0 Å². The summed E-state index contributed by atoms with van der Waals surface area (Å²) in [7, 11) is 0. The van der Waals surface area contributed by atoms with Crippen molar-refractivity contribution in [1.29, 1.82) is 0 Å². The fourth-order valence-corrected chi connectivity index (χ4v) is 2.51. The van der Waals surface area contributed by atoms with Crippen molar-refractivity contribution in [3.63, 3.8) is 0 Å². The highest BCUT2D eigenvalue weighted by Gasteiger charge is 2.09. The van der Waals surface area contributed by atoms with Crippen LogP contribution in [0.5, 0.6) is 0 Å². The Hall–Kier alpha value is -1.06. The fourth-order valence-electron chi connectivity index (χ4n) is 2.51. The second-order valence-corrected chi connectivity index (χ2v) is 6.33. The molecule has 0 saturated carbocycles. The number of nitrogens with one attached hydrogen (secondary N) is 1. The van der Waals surface area contributed by atoms with Crippen molar-refractivity contribution in [2.24, 2.45) is 0 Å². The molecule has 0 rings (SSSR count). The molecule has 0 aliphatic rings. The lowest BCUT2D eigenvalue weighted by molar-refractivity contribution is -0.137. The number of carbonyl (C=O) groups is 2. The van der Waals surface area contributed by atoms with Gasteiger partial charge in [-0.25, -0.2) is 4.79 Å². The van der Waals surface area contributed by atoms with Gasteiger partial charge in [0.1, 0.15) is 0 Å². The fraction of sp³-hybridized carbons (Fsp3) is 0.895. The standard InChI is InChI=1S/C19H37NO3/c1-3-5-7-9-11-12-14-16-18(21)23-19(22)20-17-15-13-10-8-6-4-2/h3-17H2,1-2H3,(H,20,22). The third-order valence-electron chi connectivity index (χ3n) is 3.99. The normalized spacial score (nSPS) is 10.5. The number of carbonyl (C=O) groups excluding carboxylic acids is 2. The van der Waals surface area contributed by atoms with E-state index in [1.165, 1.54) is 51.4 Å². The quantitative estimate of drug-likeness (QED) is 0.237. The molecular weight excluding hydrogens is 290 g/mol. The van der Waals surface area contributed by atoms with Gasteiger partial charge in [0.05, 0.1) is 0 Å². The van der Waals surface area contributed by atoms with Crippen molar-refractivity contribution >= 4 is 12.1 Å². The van der Waals surface area contributed by atoms with Gasteiger partial charge in [-0.1, -0.05) is 84.5 Å². The Labute approximate surface area is 142 Å². The Morgan fingerprint density at radius 2 is 1.17 bits per heavy atom. The third-order valence-corrected chi connectivity index (χ3v) is 3.99. The highest BCUT2D eigenvalue weighted by molar-refractivity contribution is 5.84. The summed E-state index contributed by atoms with van der Waals surface area (Å²) in [6.45, 7) is 4.99.